The van der Waals surface area contributed by atoms with Crippen molar-refractivity contribution in [3.8, 4) is 0 Å². The van der Waals surface area contributed by atoms with E-state index in [4.69, 9.17) is 5.11 Å². The van der Waals surface area contributed by atoms with Gasteiger partial charge in [0.15, 0.2) is 0 Å². The molecule has 0 bridgehead atoms. The molecule has 0 radical (unpaired) electrons. The van der Waals surface area contributed by atoms with Gasteiger partial charge >= 0.3 is 12.0 Å². The van der Waals surface area contributed by atoms with E-state index in [0.29, 0.717) is 19.4 Å². The van der Waals surface area contributed by atoms with Crippen LogP contribution in [0.3, 0.4) is 0 Å². The van der Waals surface area contributed by atoms with E-state index in [1.165, 1.54) is 4.90 Å². The van der Waals surface area contributed by atoms with E-state index in [1.807, 2.05) is 20.8 Å². The largest absolute Gasteiger partial charge is 0.480 e. The molecule has 1 unspecified atom stereocenters. The Labute approximate surface area is 118 Å². The second kappa shape index (κ2) is 6.11. The summed E-state index contributed by atoms with van der Waals surface area (Å²) in [5.74, 6) is -1.30. The zero-order chi connectivity index (χ0) is 15.5. The van der Waals surface area contributed by atoms with Crippen molar-refractivity contribution in [1.82, 2.24) is 15.5 Å². The molecular weight excluding hydrogens is 262 g/mol. The second-order valence-corrected chi connectivity index (χ2v) is 6.10. The maximum absolute atomic E-state index is 12.0. The number of carbonyl (C=O) groups excluding carboxylic acids is 2. The topological polar surface area (TPSA) is 98.7 Å². The van der Waals surface area contributed by atoms with Gasteiger partial charge in [-0.2, -0.15) is 0 Å². The summed E-state index contributed by atoms with van der Waals surface area (Å²) in [6.45, 7) is 7.52. The smallest absolute Gasteiger partial charge is 0.326 e. The predicted octanol–water partition coefficient (Wildman–Crippen LogP) is 0.548. The lowest BCUT2D eigenvalue weighted by Crippen LogP contribution is -2.54. The molecule has 0 aromatic heterocycles. The van der Waals surface area contributed by atoms with E-state index in [9.17, 15) is 14.4 Å². The number of carboxylic acid groups (broad SMARTS) is 1. The van der Waals surface area contributed by atoms with Crippen molar-refractivity contribution < 1.29 is 19.5 Å². The first kappa shape index (κ1) is 16.3. The van der Waals surface area contributed by atoms with Crippen LogP contribution in [0.1, 0.15) is 40.5 Å². The van der Waals surface area contributed by atoms with Gasteiger partial charge in [-0.3, -0.25) is 4.79 Å². The second-order valence-electron chi connectivity index (χ2n) is 6.10. The van der Waals surface area contributed by atoms with Crippen LogP contribution in [0.25, 0.3) is 0 Å². The lowest BCUT2D eigenvalue weighted by atomic mass is 10.1. The molecule has 1 heterocycles. The Kier molecular flexibility index (Phi) is 4.97. The van der Waals surface area contributed by atoms with E-state index in [-0.39, 0.29) is 11.4 Å². The van der Waals surface area contributed by atoms with Gasteiger partial charge in [-0.1, -0.05) is 0 Å². The number of carbonyl (C=O) groups is 3. The van der Waals surface area contributed by atoms with Crippen molar-refractivity contribution in [2.24, 2.45) is 0 Å². The van der Waals surface area contributed by atoms with Crippen LogP contribution in [-0.4, -0.2) is 52.1 Å². The minimum atomic E-state index is -1.01. The number of likely N-dealkylation sites (tertiary alicyclic amines) is 1. The number of nitrogens with zero attached hydrogens (tertiary/aromatic N) is 1. The molecule has 0 spiro atoms. The highest BCUT2D eigenvalue weighted by Crippen LogP contribution is 2.17. The molecule has 1 saturated heterocycles. The Morgan fingerprint density at radius 3 is 2.40 bits per heavy atom. The van der Waals surface area contributed by atoms with Gasteiger partial charge in [0.05, 0.1) is 0 Å². The highest BCUT2D eigenvalue weighted by Gasteiger charge is 2.35. The number of amides is 3. The minimum absolute atomic E-state index is 0.295. The predicted molar refractivity (Wildman–Crippen MR) is 73.3 cm³/mol. The normalized spacial score (nSPS) is 20.4. The number of carboxylic acids is 1. The first-order valence-electron chi connectivity index (χ1n) is 6.74. The molecule has 20 heavy (non-hydrogen) atoms. The first-order valence-corrected chi connectivity index (χ1v) is 6.74. The maximum Gasteiger partial charge on any atom is 0.326 e. The molecule has 2 atom stereocenters. The third kappa shape index (κ3) is 4.40. The molecule has 1 aliphatic heterocycles. The zero-order valence-electron chi connectivity index (χ0n) is 12.4. The molecule has 0 saturated carbocycles. The molecule has 1 rings (SSSR count). The monoisotopic (exact) mass is 285 g/mol. The molecule has 0 aromatic rings. The molecule has 1 aliphatic rings. The summed E-state index contributed by atoms with van der Waals surface area (Å²) >= 11 is 0. The van der Waals surface area contributed by atoms with Crippen LogP contribution in [0, 0.1) is 0 Å². The van der Waals surface area contributed by atoms with Crippen molar-refractivity contribution >= 4 is 17.9 Å². The van der Waals surface area contributed by atoms with Crippen molar-refractivity contribution in [3.63, 3.8) is 0 Å². The van der Waals surface area contributed by atoms with E-state index in [0.717, 1.165) is 0 Å². The fourth-order valence-corrected chi connectivity index (χ4v) is 2.08. The van der Waals surface area contributed by atoms with Crippen molar-refractivity contribution in [2.75, 3.05) is 6.54 Å². The number of hydrogen-bond acceptors (Lipinski definition) is 3. The van der Waals surface area contributed by atoms with Gasteiger partial charge in [0.25, 0.3) is 0 Å². The minimum Gasteiger partial charge on any atom is -0.480 e. The van der Waals surface area contributed by atoms with Crippen molar-refractivity contribution in [3.05, 3.63) is 0 Å². The number of nitrogens with one attached hydrogen (secondary N) is 2. The third-order valence-electron chi connectivity index (χ3n) is 3.03. The van der Waals surface area contributed by atoms with Gasteiger partial charge in [-0.25, -0.2) is 9.59 Å². The Bertz CT molecular complexity index is 403. The fraction of sp³-hybridized carbons (Fsp3) is 0.769. The quantitative estimate of drug-likeness (QED) is 0.705. The molecule has 0 aromatic carbocycles. The summed E-state index contributed by atoms with van der Waals surface area (Å²) in [5.41, 5.74) is -0.382. The molecule has 114 valence electrons. The van der Waals surface area contributed by atoms with Gasteiger partial charge in [0, 0.05) is 12.1 Å². The average molecular weight is 285 g/mol. The zero-order valence-corrected chi connectivity index (χ0v) is 12.4. The summed E-state index contributed by atoms with van der Waals surface area (Å²) in [6.07, 6.45) is 1.11. The lowest BCUT2D eigenvalue weighted by Gasteiger charge is -2.26. The number of hydrogen-bond donors (Lipinski definition) is 3. The Morgan fingerprint density at radius 2 is 1.90 bits per heavy atom. The summed E-state index contributed by atoms with van der Waals surface area (Å²) in [7, 11) is 0. The lowest BCUT2D eigenvalue weighted by molar-refractivity contribution is -0.141. The molecule has 0 aliphatic carbocycles. The van der Waals surface area contributed by atoms with Gasteiger partial charge < -0.3 is 20.6 Å². The van der Waals surface area contributed by atoms with E-state index in [2.05, 4.69) is 10.6 Å². The average Bonchev–Trinajstić information content (AvgIpc) is 2.75. The van der Waals surface area contributed by atoms with Gasteiger partial charge in [-0.05, 0) is 40.5 Å². The van der Waals surface area contributed by atoms with Crippen LogP contribution in [0.4, 0.5) is 4.79 Å². The maximum atomic E-state index is 12.0. The Balaban J connectivity index is 2.57. The first-order chi connectivity index (χ1) is 9.11. The number of aliphatic carboxylic acids is 1. The summed E-state index contributed by atoms with van der Waals surface area (Å²) in [4.78, 5) is 36.2. The van der Waals surface area contributed by atoms with E-state index >= 15 is 0 Å². The summed E-state index contributed by atoms with van der Waals surface area (Å²) in [6, 6.07) is -2.02. The van der Waals surface area contributed by atoms with Crippen LogP contribution in [0.2, 0.25) is 0 Å². The Hall–Kier alpha value is -1.79. The summed E-state index contributed by atoms with van der Waals surface area (Å²) in [5, 5.41) is 14.3. The van der Waals surface area contributed by atoms with Crippen molar-refractivity contribution in [2.45, 2.75) is 58.2 Å². The van der Waals surface area contributed by atoms with Crippen molar-refractivity contribution in [1.29, 1.82) is 0 Å². The highest BCUT2D eigenvalue weighted by atomic mass is 16.4. The van der Waals surface area contributed by atoms with Crippen LogP contribution < -0.4 is 10.6 Å². The molecule has 7 heteroatoms. The van der Waals surface area contributed by atoms with Crippen LogP contribution >= 0.6 is 0 Å². The van der Waals surface area contributed by atoms with Crippen LogP contribution in [0.15, 0.2) is 0 Å². The molecule has 3 N–H and O–H groups in total. The molecule has 3 amide bonds. The number of rotatable bonds is 3. The molecular formula is C13H23N3O4. The Morgan fingerprint density at radius 1 is 1.30 bits per heavy atom. The van der Waals surface area contributed by atoms with Crippen LogP contribution in [-0.2, 0) is 9.59 Å². The molecule has 7 nitrogen and oxygen atoms in total. The summed E-state index contributed by atoms with van der Waals surface area (Å²) < 4.78 is 0. The van der Waals surface area contributed by atoms with Gasteiger partial charge in [0.2, 0.25) is 5.91 Å². The fourth-order valence-electron chi connectivity index (χ4n) is 2.08. The third-order valence-corrected chi connectivity index (χ3v) is 3.03. The van der Waals surface area contributed by atoms with Gasteiger partial charge in [-0.15, -0.1) is 0 Å². The van der Waals surface area contributed by atoms with Gasteiger partial charge in [0.1, 0.15) is 12.1 Å². The highest BCUT2D eigenvalue weighted by molar-refractivity contribution is 5.89. The molecule has 1 fully saturated rings. The van der Waals surface area contributed by atoms with Crippen LogP contribution in [0.5, 0.6) is 0 Å². The van der Waals surface area contributed by atoms with E-state index < -0.39 is 24.1 Å². The van der Waals surface area contributed by atoms with E-state index in [1.54, 1.807) is 6.92 Å². The standard InChI is InChI=1S/C13H23N3O4/c1-8(10(17)15-13(2,3)4)14-12(20)16-7-5-6-9(16)11(18)19/h8-9H,5-7H2,1-4H3,(H,14,20)(H,15,17)(H,18,19)/t8?,9-/m0/s1. The number of urea groups is 1. The SMILES string of the molecule is CC(NC(=O)N1CCC[C@H]1C(=O)O)C(=O)NC(C)(C)C.